The Bertz CT molecular complexity index is 1190. The number of nitrogens with one attached hydrogen (secondary N) is 3. The summed E-state index contributed by atoms with van der Waals surface area (Å²) in [4.78, 5) is 19.6. The third-order valence-electron chi connectivity index (χ3n) is 5.20. The van der Waals surface area contributed by atoms with Crippen LogP contribution in [0.3, 0.4) is 0 Å². The van der Waals surface area contributed by atoms with Gasteiger partial charge in [0.05, 0.1) is 29.7 Å². The van der Waals surface area contributed by atoms with Crippen molar-refractivity contribution in [2.75, 3.05) is 41.8 Å². The predicted octanol–water partition coefficient (Wildman–Crippen LogP) is 3.07. The van der Waals surface area contributed by atoms with E-state index in [1.165, 1.54) is 0 Å². The number of amides is 1. The number of nitrogens with zero attached hydrogens (tertiary/aromatic N) is 3. The predicted molar refractivity (Wildman–Crippen MR) is 115 cm³/mol. The lowest BCUT2D eigenvalue weighted by Crippen LogP contribution is -2.21. The molecule has 0 bridgehead atoms. The number of anilines is 3. The van der Waals surface area contributed by atoms with Crippen molar-refractivity contribution in [3.05, 3.63) is 42.4 Å². The van der Waals surface area contributed by atoms with Crippen LogP contribution in [0.2, 0.25) is 0 Å². The minimum atomic E-state index is -0.354. The normalized spacial score (nSPS) is 13.8. The van der Waals surface area contributed by atoms with Crippen LogP contribution in [0.4, 0.5) is 17.4 Å². The van der Waals surface area contributed by atoms with Crippen LogP contribution < -0.4 is 15.5 Å². The summed E-state index contributed by atoms with van der Waals surface area (Å²) >= 11 is 0. The van der Waals surface area contributed by atoms with Crippen LogP contribution in [0.1, 0.15) is 23.4 Å². The smallest absolute Gasteiger partial charge is 0.295 e. The molecule has 1 saturated heterocycles. The first kappa shape index (κ1) is 19.2. The fourth-order valence-corrected chi connectivity index (χ4v) is 3.71. The van der Waals surface area contributed by atoms with E-state index in [9.17, 15) is 4.79 Å². The SMILES string of the molecule is O=C(Nc1cc2oc(NCCO)nc2cc1N1CCCC1)c1ccc(-c2cn[nH]c2)o1. The van der Waals surface area contributed by atoms with E-state index in [1.807, 2.05) is 6.07 Å². The number of hydrogen-bond donors (Lipinski definition) is 4. The van der Waals surface area contributed by atoms with Crippen molar-refractivity contribution in [1.29, 1.82) is 0 Å². The Morgan fingerprint density at radius 3 is 2.87 bits per heavy atom. The second kappa shape index (κ2) is 8.15. The standard InChI is InChI=1S/C21H22N6O4/c28-8-5-22-21-26-15-9-16(27-6-1-2-7-27)14(10-19(15)31-21)25-20(29)18-4-3-17(30-18)13-11-23-24-12-13/h3-4,9-12,28H,1-2,5-8H2,(H,22,26)(H,23,24)(H,25,29). The number of hydrogen-bond acceptors (Lipinski definition) is 8. The highest BCUT2D eigenvalue weighted by Crippen LogP contribution is 2.35. The van der Waals surface area contributed by atoms with Crippen molar-refractivity contribution in [2.24, 2.45) is 0 Å². The van der Waals surface area contributed by atoms with Gasteiger partial charge < -0.3 is 29.5 Å². The Hall–Kier alpha value is -3.79. The van der Waals surface area contributed by atoms with Gasteiger partial charge in [-0.25, -0.2) is 0 Å². The molecule has 3 aromatic heterocycles. The maximum Gasteiger partial charge on any atom is 0.295 e. The molecule has 1 aromatic carbocycles. The molecule has 160 valence electrons. The molecule has 0 saturated carbocycles. The monoisotopic (exact) mass is 422 g/mol. The molecule has 1 aliphatic heterocycles. The minimum Gasteiger partial charge on any atom is -0.451 e. The number of oxazole rings is 1. The van der Waals surface area contributed by atoms with Gasteiger partial charge in [0, 0.05) is 31.9 Å². The van der Waals surface area contributed by atoms with Crippen LogP contribution in [0.15, 0.2) is 45.5 Å². The molecule has 1 amide bonds. The molecule has 4 aromatic rings. The summed E-state index contributed by atoms with van der Waals surface area (Å²) in [7, 11) is 0. The van der Waals surface area contributed by atoms with Gasteiger partial charge in [0.2, 0.25) is 0 Å². The molecular weight excluding hydrogens is 400 g/mol. The Kier molecular flexibility index (Phi) is 5.04. The van der Waals surface area contributed by atoms with Gasteiger partial charge in [-0.15, -0.1) is 0 Å². The fraction of sp³-hybridized carbons (Fsp3) is 0.286. The summed E-state index contributed by atoms with van der Waals surface area (Å²) in [6, 6.07) is 7.40. The molecule has 4 heterocycles. The number of aromatic amines is 1. The van der Waals surface area contributed by atoms with Crippen LogP contribution in [0, 0.1) is 0 Å². The topological polar surface area (TPSA) is 132 Å². The van der Waals surface area contributed by atoms with Gasteiger partial charge in [-0.3, -0.25) is 9.89 Å². The van der Waals surface area contributed by atoms with Crippen molar-refractivity contribution < 1.29 is 18.7 Å². The minimum absolute atomic E-state index is 0.0248. The number of fused-ring (bicyclic) bond motifs is 1. The maximum absolute atomic E-state index is 12.9. The van der Waals surface area contributed by atoms with Crippen LogP contribution in [0.25, 0.3) is 22.4 Å². The molecule has 1 fully saturated rings. The van der Waals surface area contributed by atoms with Crippen molar-refractivity contribution in [2.45, 2.75) is 12.8 Å². The van der Waals surface area contributed by atoms with Gasteiger partial charge >= 0.3 is 0 Å². The highest BCUT2D eigenvalue weighted by molar-refractivity contribution is 6.06. The van der Waals surface area contributed by atoms with E-state index in [1.54, 1.807) is 30.6 Å². The summed E-state index contributed by atoms with van der Waals surface area (Å²) in [5.74, 6) is 0.406. The molecule has 0 atom stereocenters. The Balaban J connectivity index is 1.45. The lowest BCUT2D eigenvalue weighted by Gasteiger charge is -2.21. The molecule has 1 aliphatic rings. The molecule has 0 spiro atoms. The van der Waals surface area contributed by atoms with E-state index < -0.39 is 0 Å². The first-order valence-corrected chi connectivity index (χ1v) is 10.2. The second-order valence-corrected chi connectivity index (χ2v) is 7.31. The van der Waals surface area contributed by atoms with Gasteiger partial charge in [-0.2, -0.15) is 10.1 Å². The number of aliphatic hydroxyl groups excluding tert-OH is 1. The fourth-order valence-electron chi connectivity index (χ4n) is 3.71. The quantitative estimate of drug-likeness (QED) is 0.357. The molecule has 10 nitrogen and oxygen atoms in total. The Labute approximate surface area is 177 Å². The number of H-pyrrole nitrogens is 1. The second-order valence-electron chi connectivity index (χ2n) is 7.31. The first-order chi connectivity index (χ1) is 15.2. The summed E-state index contributed by atoms with van der Waals surface area (Å²) in [5, 5.41) is 21.5. The zero-order valence-electron chi connectivity index (χ0n) is 16.7. The lowest BCUT2D eigenvalue weighted by molar-refractivity contribution is 0.0997. The molecule has 10 heteroatoms. The highest BCUT2D eigenvalue weighted by Gasteiger charge is 2.21. The molecule has 0 unspecified atom stereocenters. The van der Waals surface area contributed by atoms with Gasteiger partial charge in [0.1, 0.15) is 11.3 Å². The van der Waals surface area contributed by atoms with Crippen LogP contribution in [-0.2, 0) is 0 Å². The summed E-state index contributed by atoms with van der Waals surface area (Å²) in [6.07, 6.45) is 5.53. The molecule has 0 aliphatic carbocycles. The van der Waals surface area contributed by atoms with E-state index in [4.69, 9.17) is 13.9 Å². The van der Waals surface area contributed by atoms with Gasteiger partial charge in [-0.1, -0.05) is 0 Å². The van der Waals surface area contributed by atoms with Crippen molar-refractivity contribution in [3.63, 3.8) is 0 Å². The van der Waals surface area contributed by atoms with Crippen molar-refractivity contribution in [3.8, 4) is 11.3 Å². The summed E-state index contributed by atoms with van der Waals surface area (Å²) in [6.45, 7) is 2.14. The average Bonchev–Trinajstić information content (AvgIpc) is 3.56. The number of furan rings is 1. The number of benzene rings is 1. The largest absolute Gasteiger partial charge is 0.451 e. The van der Waals surface area contributed by atoms with E-state index >= 15 is 0 Å². The molecule has 0 radical (unpaired) electrons. The van der Waals surface area contributed by atoms with Gasteiger partial charge in [0.15, 0.2) is 11.3 Å². The van der Waals surface area contributed by atoms with Crippen molar-refractivity contribution >= 4 is 34.4 Å². The summed E-state index contributed by atoms with van der Waals surface area (Å²) < 4.78 is 11.4. The first-order valence-electron chi connectivity index (χ1n) is 10.2. The lowest BCUT2D eigenvalue weighted by atomic mass is 10.2. The van der Waals surface area contributed by atoms with E-state index in [2.05, 4.69) is 30.7 Å². The number of carbonyl (C=O) groups is 1. The molecule has 5 rings (SSSR count). The zero-order chi connectivity index (χ0) is 21.2. The third-order valence-corrected chi connectivity index (χ3v) is 5.20. The Morgan fingerprint density at radius 2 is 2.10 bits per heavy atom. The van der Waals surface area contributed by atoms with E-state index in [0.717, 1.165) is 37.2 Å². The van der Waals surface area contributed by atoms with Gasteiger partial charge in [-0.05, 0) is 31.0 Å². The number of carbonyl (C=O) groups excluding carboxylic acids is 1. The van der Waals surface area contributed by atoms with E-state index in [0.29, 0.717) is 35.1 Å². The average molecular weight is 422 g/mol. The van der Waals surface area contributed by atoms with Crippen molar-refractivity contribution in [1.82, 2.24) is 15.2 Å². The Morgan fingerprint density at radius 1 is 1.23 bits per heavy atom. The van der Waals surface area contributed by atoms with Gasteiger partial charge in [0.25, 0.3) is 11.9 Å². The van der Waals surface area contributed by atoms with E-state index in [-0.39, 0.29) is 18.3 Å². The number of aliphatic hydroxyl groups is 1. The third kappa shape index (κ3) is 3.84. The number of rotatable bonds is 7. The summed E-state index contributed by atoms with van der Waals surface area (Å²) in [5.41, 5.74) is 3.51. The molecular formula is C21H22N6O4. The van der Waals surface area contributed by atoms with Crippen LogP contribution in [-0.4, -0.2) is 52.4 Å². The maximum atomic E-state index is 12.9. The zero-order valence-corrected chi connectivity index (χ0v) is 16.7. The number of aromatic nitrogens is 3. The van der Waals surface area contributed by atoms with Crippen LogP contribution in [0.5, 0.6) is 0 Å². The molecule has 4 N–H and O–H groups in total. The molecule has 31 heavy (non-hydrogen) atoms. The highest BCUT2D eigenvalue weighted by atomic mass is 16.4. The van der Waals surface area contributed by atoms with Crippen LogP contribution >= 0.6 is 0 Å².